The van der Waals surface area contributed by atoms with E-state index in [1.807, 2.05) is 0 Å². The lowest BCUT2D eigenvalue weighted by Crippen LogP contribution is -2.54. The van der Waals surface area contributed by atoms with Gasteiger partial charge in [0.25, 0.3) is 0 Å². The van der Waals surface area contributed by atoms with Gasteiger partial charge in [0, 0.05) is 34.6 Å². The van der Waals surface area contributed by atoms with Gasteiger partial charge in [0.2, 0.25) is 11.8 Å². The number of rotatable bonds is 4. The van der Waals surface area contributed by atoms with Crippen LogP contribution in [-0.2, 0) is 15.0 Å². The molecule has 4 aliphatic rings. The SMILES string of the molecule is CC(C)(C)C[C@@H]1N[C@@H](C(=O)NC2CCC(O)CC2)[C@H](C2C=CC=C(F)C2F)[C@]12C(=O)Nc1cc(Cl)ccc12. The van der Waals surface area contributed by atoms with Gasteiger partial charge in [-0.25, -0.2) is 8.78 Å². The molecule has 1 spiro atoms. The fraction of sp³-hybridized carbons (Fsp3) is 0.586. The molecule has 2 unspecified atom stereocenters. The fourth-order valence-electron chi connectivity index (χ4n) is 7.01. The summed E-state index contributed by atoms with van der Waals surface area (Å²) < 4.78 is 30.3. The summed E-state index contributed by atoms with van der Waals surface area (Å²) in [6, 6.07) is 3.54. The first-order valence-electron chi connectivity index (χ1n) is 13.5. The second kappa shape index (κ2) is 10.0. The van der Waals surface area contributed by atoms with Crippen molar-refractivity contribution in [3.05, 3.63) is 52.8 Å². The number of fused-ring (bicyclic) bond motifs is 2. The highest BCUT2D eigenvalue weighted by Crippen LogP contribution is 2.56. The van der Waals surface area contributed by atoms with Crippen molar-refractivity contribution in [1.82, 2.24) is 10.6 Å². The van der Waals surface area contributed by atoms with E-state index in [9.17, 15) is 19.1 Å². The molecule has 1 aromatic rings. The molecule has 38 heavy (non-hydrogen) atoms. The Labute approximate surface area is 227 Å². The second-order valence-corrected chi connectivity index (χ2v) is 12.9. The Morgan fingerprint density at radius 1 is 1.24 bits per heavy atom. The van der Waals surface area contributed by atoms with Gasteiger partial charge in [0.1, 0.15) is 5.83 Å². The smallest absolute Gasteiger partial charge is 0.237 e. The number of anilines is 1. The van der Waals surface area contributed by atoms with E-state index in [-0.39, 0.29) is 29.4 Å². The molecule has 1 saturated carbocycles. The number of halogens is 3. The van der Waals surface area contributed by atoms with Crippen LogP contribution in [0.5, 0.6) is 0 Å². The number of carbonyl (C=O) groups is 2. The average Bonchev–Trinajstić information content (AvgIpc) is 3.31. The molecule has 2 amide bonds. The number of hydrogen-bond donors (Lipinski definition) is 4. The highest BCUT2D eigenvalue weighted by atomic mass is 35.5. The number of amides is 2. The molecule has 4 N–H and O–H groups in total. The van der Waals surface area contributed by atoms with Crippen molar-refractivity contribution in [2.75, 3.05) is 5.32 Å². The number of alkyl halides is 1. The standard InChI is InChI=1S/C29H36ClF2N3O3/c1-28(2,3)14-22-29(19-12-7-15(30)13-21(19)34-27(29)38)23(18-5-4-6-20(31)24(18)32)25(35-22)26(37)33-16-8-10-17(36)11-9-16/h4-7,12-13,16-18,22-25,35-36H,8-11,14H2,1-3H3,(H,33,37)(H,34,38)/t16?,17?,18?,22-,23-,24?,25+,29+/m0/s1. The molecule has 1 saturated heterocycles. The van der Waals surface area contributed by atoms with Crippen LogP contribution in [0.3, 0.4) is 0 Å². The molecule has 6 atom stereocenters. The van der Waals surface area contributed by atoms with Crippen LogP contribution in [0.25, 0.3) is 0 Å². The molecule has 9 heteroatoms. The first-order valence-corrected chi connectivity index (χ1v) is 13.8. The summed E-state index contributed by atoms with van der Waals surface area (Å²) in [4.78, 5) is 28.0. The van der Waals surface area contributed by atoms with Crippen molar-refractivity contribution in [1.29, 1.82) is 0 Å². The Kier molecular flexibility index (Phi) is 7.20. The maximum atomic E-state index is 15.7. The van der Waals surface area contributed by atoms with E-state index < -0.39 is 41.3 Å². The van der Waals surface area contributed by atoms with Gasteiger partial charge in [0.15, 0.2) is 6.17 Å². The van der Waals surface area contributed by atoms with Crippen molar-refractivity contribution in [2.45, 2.75) is 88.7 Å². The van der Waals surface area contributed by atoms with Crippen LogP contribution >= 0.6 is 11.6 Å². The van der Waals surface area contributed by atoms with E-state index >= 15 is 4.39 Å². The Hall–Kier alpha value is -2.29. The summed E-state index contributed by atoms with van der Waals surface area (Å²) in [5, 5.41) is 19.8. The van der Waals surface area contributed by atoms with E-state index in [0.29, 0.717) is 48.4 Å². The van der Waals surface area contributed by atoms with Crippen molar-refractivity contribution in [2.24, 2.45) is 17.3 Å². The van der Waals surface area contributed by atoms with Crippen LogP contribution in [-0.4, -0.2) is 47.3 Å². The third-order valence-corrected chi connectivity index (χ3v) is 8.85. The summed E-state index contributed by atoms with van der Waals surface area (Å²) in [6.45, 7) is 6.15. The van der Waals surface area contributed by atoms with Gasteiger partial charge in [0.05, 0.1) is 17.6 Å². The zero-order valence-corrected chi connectivity index (χ0v) is 22.7. The molecule has 206 valence electrons. The number of allylic oxidation sites excluding steroid dienone is 4. The summed E-state index contributed by atoms with van der Waals surface area (Å²) in [7, 11) is 0. The molecular formula is C29H36ClF2N3O3. The second-order valence-electron chi connectivity index (χ2n) is 12.4. The van der Waals surface area contributed by atoms with Crippen molar-refractivity contribution < 1.29 is 23.5 Å². The minimum absolute atomic E-state index is 0.130. The largest absolute Gasteiger partial charge is 0.393 e. The zero-order valence-electron chi connectivity index (χ0n) is 21.9. The third kappa shape index (κ3) is 4.69. The van der Waals surface area contributed by atoms with Crippen LogP contribution < -0.4 is 16.0 Å². The highest BCUT2D eigenvalue weighted by molar-refractivity contribution is 6.31. The van der Waals surface area contributed by atoms with Gasteiger partial charge in [-0.15, -0.1) is 0 Å². The van der Waals surface area contributed by atoms with E-state index in [4.69, 9.17) is 11.6 Å². The van der Waals surface area contributed by atoms with Gasteiger partial charge in [-0.05, 0) is 61.3 Å². The molecule has 2 fully saturated rings. The molecule has 1 aromatic carbocycles. The number of hydrogen-bond acceptors (Lipinski definition) is 4. The quantitative estimate of drug-likeness (QED) is 0.439. The minimum atomic E-state index is -1.98. The highest BCUT2D eigenvalue weighted by Gasteiger charge is 2.67. The first kappa shape index (κ1) is 27.3. The molecule has 2 heterocycles. The van der Waals surface area contributed by atoms with E-state index in [1.54, 1.807) is 24.3 Å². The number of aliphatic hydroxyl groups is 1. The maximum absolute atomic E-state index is 15.7. The Morgan fingerprint density at radius 2 is 1.95 bits per heavy atom. The summed E-state index contributed by atoms with van der Waals surface area (Å²) in [6.07, 6.45) is 4.75. The van der Waals surface area contributed by atoms with Crippen LogP contribution in [0, 0.1) is 17.3 Å². The number of carbonyl (C=O) groups excluding carboxylic acids is 2. The monoisotopic (exact) mass is 547 g/mol. The number of aliphatic hydroxyl groups excluding tert-OH is 1. The van der Waals surface area contributed by atoms with Gasteiger partial charge in [-0.1, -0.05) is 50.6 Å². The fourth-order valence-corrected chi connectivity index (χ4v) is 7.18. The lowest BCUT2D eigenvalue weighted by atomic mass is 9.59. The summed E-state index contributed by atoms with van der Waals surface area (Å²) >= 11 is 6.26. The average molecular weight is 548 g/mol. The lowest BCUT2D eigenvalue weighted by molar-refractivity contribution is -0.127. The van der Waals surface area contributed by atoms with Crippen LogP contribution in [0.4, 0.5) is 14.5 Å². The zero-order chi connectivity index (χ0) is 27.4. The van der Waals surface area contributed by atoms with E-state index in [2.05, 4.69) is 36.7 Å². The van der Waals surface area contributed by atoms with Crippen molar-refractivity contribution in [3.63, 3.8) is 0 Å². The summed E-state index contributed by atoms with van der Waals surface area (Å²) in [5.74, 6) is -3.54. The van der Waals surface area contributed by atoms with E-state index in [1.165, 1.54) is 6.08 Å². The Balaban J connectivity index is 1.63. The third-order valence-electron chi connectivity index (χ3n) is 8.61. The number of nitrogens with one attached hydrogen (secondary N) is 3. The molecular weight excluding hydrogens is 512 g/mol. The maximum Gasteiger partial charge on any atom is 0.237 e. The van der Waals surface area contributed by atoms with Gasteiger partial charge < -0.3 is 21.1 Å². The van der Waals surface area contributed by atoms with Gasteiger partial charge >= 0.3 is 0 Å². The Morgan fingerprint density at radius 3 is 2.63 bits per heavy atom. The normalized spacial score (nSPS) is 36.7. The predicted molar refractivity (Wildman–Crippen MR) is 143 cm³/mol. The van der Waals surface area contributed by atoms with E-state index in [0.717, 1.165) is 6.08 Å². The van der Waals surface area contributed by atoms with Gasteiger partial charge in [-0.3, -0.25) is 9.59 Å². The topological polar surface area (TPSA) is 90.5 Å². The molecule has 0 aromatic heterocycles. The number of benzene rings is 1. The first-order chi connectivity index (χ1) is 17.9. The lowest BCUT2D eigenvalue weighted by Gasteiger charge is -2.41. The molecule has 6 nitrogen and oxygen atoms in total. The molecule has 2 aliphatic carbocycles. The van der Waals surface area contributed by atoms with Gasteiger partial charge in [-0.2, -0.15) is 0 Å². The van der Waals surface area contributed by atoms with Crippen molar-refractivity contribution >= 4 is 29.1 Å². The Bertz CT molecular complexity index is 1170. The predicted octanol–water partition coefficient (Wildman–Crippen LogP) is 4.72. The van der Waals surface area contributed by atoms with Crippen LogP contribution in [0.2, 0.25) is 5.02 Å². The van der Waals surface area contributed by atoms with Crippen molar-refractivity contribution in [3.8, 4) is 0 Å². The summed E-state index contributed by atoms with van der Waals surface area (Å²) in [5.41, 5.74) is -0.389. The molecule has 2 aliphatic heterocycles. The molecule has 0 radical (unpaired) electrons. The van der Waals surface area contributed by atoms with Crippen LogP contribution in [0.1, 0.15) is 58.4 Å². The van der Waals surface area contributed by atoms with Crippen LogP contribution in [0.15, 0.2) is 42.3 Å². The molecule has 0 bridgehead atoms. The molecule has 5 rings (SSSR count). The minimum Gasteiger partial charge on any atom is -0.393 e.